The van der Waals surface area contributed by atoms with Crippen molar-refractivity contribution in [2.75, 3.05) is 38.2 Å². The minimum absolute atomic E-state index is 0.341. The molecule has 1 saturated heterocycles. The number of benzene rings is 1. The molecule has 1 amide bonds. The summed E-state index contributed by atoms with van der Waals surface area (Å²) in [5, 5.41) is 2.77. The minimum atomic E-state index is -0.473. The van der Waals surface area contributed by atoms with Gasteiger partial charge >= 0.3 is 6.09 Å². The fourth-order valence-electron chi connectivity index (χ4n) is 2.62. The second-order valence-electron chi connectivity index (χ2n) is 5.76. The van der Waals surface area contributed by atoms with Crippen molar-refractivity contribution in [3.8, 4) is 5.75 Å². The van der Waals surface area contributed by atoms with Crippen molar-refractivity contribution in [1.29, 1.82) is 0 Å². The zero-order chi connectivity index (χ0) is 17.2. The Morgan fingerprint density at radius 3 is 2.79 bits per heavy atom. The van der Waals surface area contributed by atoms with Crippen molar-refractivity contribution in [2.24, 2.45) is 0 Å². The summed E-state index contributed by atoms with van der Waals surface area (Å²) in [7, 11) is 0. The number of hydrogen-bond acceptors (Lipinski definition) is 5. The number of hydrogen-bond donors (Lipinski definition) is 1. The first-order valence-electron chi connectivity index (χ1n) is 8.75. The molecule has 6 nitrogen and oxygen atoms in total. The average molecular weight is 336 g/mol. The van der Waals surface area contributed by atoms with Crippen LogP contribution in [0.4, 0.5) is 10.5 Å². The average Bonchev–Trinajstić information content (AvgIpc) is 3.11. The highest BCUT2D eigenvalue weighted by Gasteiger charge is 2.25. The molecule has 1 atom stereocenters. The summed E-state index contributed by atoms with van der Waals surface area (Å²) < 4.78 is 16.6. The molecule has 1 aromatic rings. The summed E-state index contributed by atoms with van der Waals surface area (Å²) in [4.78, 5) is 14.4. The molecule has 0 saturated carbocycles. The van der Waals surface area contributed by atoms with Gasteiger partial charge in [-0.15, -0.1) is 0 Å². The van der Waals surface area contributed by atoms with E-state index in [0.717, 1.165) is 38.1 Å². The highest BCUT2D eigenvalue weighted by Crippen LogP contribution is 2.19. The molecule has 134 valence electrons. The van der Waals surface area contributed by atoms with Crippen molar-refractivity contribution in [1.82, 2.24) is 4.90 Å². The molecule has 6 heteroatoms. The molecular formula is C18H28N2O4. The molecule has 24 heavy (non-hydrogen) atoms. The standard InChI is InChI=1S/C18H28N2O4/c1-3-12-23-16-9-7-8-15(13-16)19-18(21)24-17(14-22-4-2)20-10-5-6-11-20/h7-9,13,17H,3-6,10-12,14H2,1-2H3,(H,19,21). The molecule has 1 N–H and O–H groups in total. The van der Waals surface area contributed by atoms with Crippen molar-refractivity contribution < 1.29 is 19.0 Å². The Balaban J connectivity index is 1.89. The minimum Gasteiger partial charge on any atom is -0.494 e. The van der Waals surface area contributed by atoms with E-state index in [4.69, 9.17) is 14.2 Å². The van der Waals surface area contributed by atoms with Gasteiger partial charge < -0.3 is 14.2 Å². The SMILES string of the molecule is CCCOc1cccc(NC(=O)OC(COCC)N2CCCC2)c1. The van der Waals surface area contributed by atoms with Gasteiger partial charge in [-0.25, -0.2) is 4.79 Å². The smallest absolute Gasteiger partial charge is 0.413 e. The van der Waals surface area contributed by atoms with E-state index in [1.165, 1.54) is 0 Å². The Kier molecular flexibility index (Phi) is 7.85. The van der Waals surface area contributed by atoms with Crippen molar-refractivity contribution >= 4 is 11.8 Å². The first kappa shape index (κ1) is 18.5. The zero-order valence-corrected chi connectivity index (χ0v) is 14.6. The van der Waals surface area contributed by atoms with E-state index in [1.54, 1.807) is 6.07 Å². The molecule has 0 spiro atoms. The van der Waals surface area contributed by atoms with Crippen molar-refractivity contribution in [3.05, 3.63) is 24.3 Å². The maximum atomic E-state index is 12.2. The molecule has 0 aromatic heterocycles. The van der Waals surface area contributed by atoms with Gasteiger partial charge in [0.1, 0.15) is 5.75 Å². The second-order valence-corrected chi connectivity index (χ2v) is 5.76. The fraction of sp³-hybridized carbons (Fsp3) is 0.611. The van der Waals surface area contributed by atoms with Gasteiger partial charge in [0.2, 0.25) is 0 Å². The molecular weight excluding hydrogens is 308 g/mol. The van der Waals surface area contributed by atoms with Gasteiger partial charge in [-0.1, -0.05) is 13.0 Å². The highest BCUT2D eigenvalue weighted by atomic mass is 16.6. The number of rotatable bonds is 9. The van der Waals surface area contributed by atoms with Crippen LogP contribution in [0.2, 0.25) is 0 Å². The van der Waals surface area contributed by atoms with Crippen LogP contribution in [0, 0.1) is 0 Å². The molecule has 1 heterocycles. The normalized spacial score (nSPS) is 15.9. The summed E-state index contributed by atoms with van der Waals surface area (Å²) in [5.74, 6) is 0.736. The van der Waals surface area contributed by atoms with Crippen LogP contribution in [0.5, 0.6) is 5.75 Å². The predicted octanol–water partition coefficient (Wildman–Crippen LogP) is 3.48. The van der Waals surface area contributed by atoms with Gasteiger partial charge in [0.05, 0.1) is 13.2 Å². The third-order valence-corrected chi connectivity index (χ3v) is 3.81. The topological polar surface area (TPSA) is 60.0 Å². The summed E-state index contributed by atoms with van der Waals surface area (Å²) in [6.45, 7) is 7.50. The Hall–Kier alpha value is -1.79. The fourth-order valence-corrected chi connectivity index (χ4v) is 2.62. The number of amides is 1. The Morgan fingerprint density at radius 1 is 1.29 bits per heavy atom. The van der Waals surface area contributed by atoms with Gasteiger partial charge in [-0.2, -0.15) is 0 Å². The summed E-state index contributed by atoms with van der Waals surface area (Å²) >= 11 is 0. The predicted molar refractivity (Wildman–Crippen MR) is 93.4 cm³/mol. The third kappa shape index (κ3) is 6.02. The maximum absolute atomic E-state index is 12.2. The molecule has 2 rings (SSSR count). The number of carbonyl (C=O) groups excluding carboxylic acids is 1. The van der Waals surface area contributed by atoms with Crippen molar-refractivity contribution in [3.63, 3.8) is 0 Å². The Morgan fingerprint density at radius 2 is 2.08 bits per heavy atom. The molecule has 0 aliphatic carbocycles. The molecule has 0 bridgehead atoms. The van der Waals surface area contributed by atoms with Crippen LogP contribution >= 0.6 is 0 Å². The van der Waals surface area contributed by atoms with E-state index in [2.05, 4.69) is 17.1 Å². The quantitative estimate of drug-likeness (QED) is 0.748. The van der Waals surface area contributed by atoms with Crippen LogP contribution in [0.1, 0.15) is 33.1 Å². The van der Waals surface area contributed by atoms with Crippen LogP contribution in [0.25, 0.3) is 0 Å². The van der Waals surface area contributed by atoms with E-state index in [-0.39, 0.29) is 6.23 Å². The number of ether oxygens (including phenoxy) is 3. The van der Waals surface area contributed by atoms with Crippen LogP contribution in [0.15, 0.2) is 24.3 Å². The Labute approximate surface area is 144 Å². The molecule has 1 fully saturated rings. The van der Waals surface area contributed by atoms with Crippen LogP contribution in [-0.4, -0.2) is 50.1 Å². The van der Waals surface area contributed by atoms with E-state index in [0.29, 0.717) is 25.5 Å². The lowest BCUT2D eigenvalue weighted by Crippen LogP contribution is -2.41. The molecule has 1 aliphatic rings. The molecule has 0 radical (unpaired) electrons. The highest BCUT2D eigenvalue weighted by molar-refractivity contribution is 5.84. The van der Waals surface area contributed by atoms with E-state index < -0.39 is 6.09 Å². The molecule has 1 unspecified atom stereocenters. The monoisotopic (exact) mass is 336 g/mol. The lowest BCUT2D eigenvalue weighted by Gasteiger charge is -2.26. The van der Waals surface area contributed by atoms with Crippen molar-refractivity contribution in [2.45, 2.75) is 39.3 Å². The van der Waals surface area contributed by atoms with E-state index in [1.807, 2.05) is 25.1 Å². The maximum Gasteiger partial charge on any atom is 0.413 e. The number of nitrogens with zero attached hydrogens (tertiary/aromatic N) is 1. The Bertz CT molecular complexity index is 504. The van der Waals surface area contributed by atoms with Crippen LogP contribution in [-0.2, 0) is 9.47 Å². The van der Waals surface area contributed by atoms with E-state index >= 15 is 0 Å². The summed E-state index contributed by atoms with van der Waals surface area (Å²) in [5.41, 5.74) is 0.658. The number of nitrogens with one attached hydrogen (secondary N) is 1. The number of carbonyl (C=O) groups is 1. The summed E-state index contributed by atoms with van der Waals surface area (Å²) in [6, 6.07) is 7.32. The second kappa shape index (κ2) is 10.2. The first-order valence-corrected chi connectivity index (χ1v) is 8.75. The summed E-state index contributed by atoms with van der Waals surface area (Å²) in [6.07, 6.45) is 2.38. The largest absolute Gasteiger partial charge is 0.494 e. The van der Waals surface area contributed by atoms with Crippen LogP contribution in [0.3, 0.4) is 0 Å². The van der Waals surface area contributed by atoms with E-state index in [9.17, 15) is 4.79 Å². The molecule has 1 aromatic carbocycles. The van der Waals surface area contributed by atoms with Gasteiger partial charge in [0.25, 0.3) is 0 Å². The van der Waals surface area contributed by atoms with Gasteiger partial charge in [-0.05, 0) is 38.3 Å². The van der Waals surface area contributed by atoms with Gasteiger partial charge in [-0.3, -0.25) is 10.2 Å². The zero-order valence-electron chi connectivity index (χ0n) is 14.6. The van der Waals surface area contributed by atoms with Gasteiger partial charge in [0.15, 0.2) is 6.23 Å². The number of likely N-dealkylation sites (tertiary alicyclic amines) is 1. The first-order chi connectivity index (χ1) is 11.7. The number of anilines is 1. The molecule has 1 aliphatic heterocycles. The lowest BCUT2D eigenvalue weighted by atomic mass is 10.3. The lowest BCUT2D eigenvalue weighted by molar-refractivity contribution is -0.0507. The third-order valence-electron chi connectivity index (χ3n) is 3.81. The van der Waals surface area contributed by atoms with Gasteiger partial charge in [0, 0.05) is 31.5 Å². The van der Waals surface area contributed by atoms with Crippen LogP contribution < -0.4 is 10.1 Å².